The largest absolute Gasteiger partial charge is 0.493 e. The standard InChI is InChI=1S/C11H13NO2/c1-13-10-7-3-5-9(6-4-8-12)11(10)14-2/h3,5,7H,4,6H2,1-2H3. The lowest BCUT2D eigenvalue weighted by molar-refractivity contribution is 0.351. The van der Waals surface area contributed by atoms with Crippen molar-refractivity contribution in [2.24, 2.45) is 0 Å². The normalized spacial score (nSPS) is 9.21. The molecule has 0 unspecified atom stereocenters. The molecule has 0 aromatic heterocycles. The number of nitriles is 1. The highest BCUT2D eigenvalue weighted by molar-refractivity contribution is 5.46. The van der Waals surface area contributed by atoms with Gasteiger partial charge in [-0.15, -0.1) is 0 Å². The topological polar surface area (TPSA) is 42.2 Å². The van der Waals surface area contributed by atoms with Crippen LogP contribution in [0.3, 0.4) is 0 Å². The number of benzene rings is 1. The summed E-state index contributed by atoms with van der Waals surface area (Å²) >= 11 is 0. The van der Waals surface area contributed by atoms with Crippen LogP contribution in [0.15, 0.2) is 18.2 Å². The van der Waals surface area contributed by atoms with Gasteiger partial charge < -0.3 is 9.47 Å². The SMILES string of the molecule is COc1cccc(CCC#N)c1OC. The maximum Gasteiger partial charge on any atom is 0.163 e. The van der Waals surface area contributed by atoms with Gasteiger partial charge in [0.2, 0.25) is 0 Å². The van der Waals surface area contributed by atoms with Gasteiger partial charge in [-0.2, -0.15) is 5.26 Å². The van der Waals surface area contributed by atoms with Gasteiger partial charge in [0.1, 0.15) is 0 Å². The van der Waals surface area contributed by atoms with Crippen LogP contribution in [0.25, 0.3) is 0 Å². The van der Waals surface area contributed by atoms with E-state index in [-0.39, 0.29) is 0 Å². The molecule has 1 aromatic rings. The predicted octanol–water partition coefficient (Wildman–Crippen LogP) is 2.16. The van der Waals surface area contributed by atoms with Gasteiger partial charge in [0.25, 0.3) is 0 Å². The van der Waals surface area contributed by atoms with Crippen LogP contribution in [0, 0.1) is 11.3 Å². The van der Waals surface area contributed by atoms with Crippen molar-refractivity contribution in [2.75, 3.05) is 14.2 Å². The zero-order valence-corrected chi connectivity index (χ0v) is 8.41. The van der Waals surface area contributed by atoms with E-state index in [0.717, 1.165) is 11.3 Å². The number of aryl methyl sites for hydroxylation is 1. The van der Waals surface area contributed by atoms with E-state index < -0.39 is 0 Å². The molecule has 0 saturated heterocycles. The van der Waals surface area contributed by atoms with Crippen molar-refractivity contribution < 1.29 is 9.47 Å². The molecule has 0 N–H and O–H groups in total. The molecule has 0 aliphatic carbocycles. The van der Waals surface area contributed by atoms with Crippen molar-refractivity contribution in [1.82, 2.24) is 0 Å². The van der Waals surface area contributed by atoms with E-state index in [1.54, 1.807) is 14.2 Å². The van der Waals surface area contributed by atoms with Gasteiger partial charge in [-0.3, -0.25) is 0 Å². The third kappa shape index (κ3) is 2.17. The molecule has 1 aromatic carbocycles. The second-order valence-electron chi connectivity index (χ2n) is 2.81. The van der Waals surface area contributed by atoms with Crippen molar-refractivity contribution in [3.05, 3.63) is 23.8 Å². The molecular weight excluding hydrogens is 178 g/mol. The Hall–Kier alpha value is -1.69. The molecule has 74 valence electrons. The summed E-state index contributed by atoms with van der Waals surface area (Å²) in [5, 5.41) is 8.50. The Balaban J connectivity index is 2.97. The van der Waals surface area contributed by atoms with E-state index in [4.69, 9.17) is 14.7 Å². The highest BCUT2D eigenvalue weighted by Crippen LogP contribution is 2.31. The minimum Gasteiger partial charge on any atom is -0.493 e. The highest BCUT2D eigenvalue weighted by atomic mass is 16.5. The Kier molecular flexibility index (Phi) is 3.81. The number of nitrogens with zero attached hydrogens (tertiary/aromatic N) is 1. The molecule has 0 saturated carbocycles. The zero-order valence-electron chi connectivity index (χ0n) is 8.41. The lowest BCUT2D eigenvalue weighted by Crippen LogP contribution is -1.95. The average molecular weight is 191 g/mol. The lowest BCUT2D eigenvalue weighted by Gasteiger charge is -2.11. The van der Waals surface area contributed by atoms with Crippen molar-refractivity contribution in [3.63, 3.8) is 0 Å². The quantitative estimate of drug-likeness (QED) is 0.732. The first-order chi connectivity index (χ1) is 6.83. The number of ether oxygens (including phenoxy) is 2. The molecule has 0 aliphatic rings. The maximum atomic E-state index is 8.50. The van der Waals surface area contributed by atoms with Crippen molar-refractivity contribution in [1.29, 1.82) is 5.26 Å². The Labute approximate surface area is 83.9 Å². The fourth-order valence-corrected chi connectivity index (χ4v) is 1.34. The third-order valence-electron chi connectivity index (χ3n) is 1.99. The summed E-state index contributed by atoms with van der Waals surface area (Å²) < 4.78 is 10.4. The summed E-state index contributed by atoms with van der Waals surface area (Å²) in [4.78, 5) is 0. The summed E-state index contributed by atoms with van der Waals surface area (Å²) in [5.41, 5.74) is 1.01. The molecule has 14 heavy (non-hydrogen) atoms. The van der Waals surface area contributed by atoms with Crippen LogP contribution >= 0.6 is 0 Å². The zero-order chi connectivity index (χ0) is 10.4. The number of methoxy groups -OCH3 is 2. The van der Waals surface area contributed by atoms with Gasteiger partial charge >= 0.3 is 0 Å². The molecule has 0 heterocycles. The monoisotopic (exact) mass is 191 g/mol. The van der Waals surface area contributed by atoms with Crippen molar-refractivity contribution in [3.8, 4) is 17.6 Å². The Bertz CT molecular complexity index is 342. The van der Waals surface area contributed by atoms with E-state index >= 15 is 0 Å². The summed E-state index contributed by atoms with van der Waals surface area (Å²) in [6.45, 7) is 0. The maximum absolute atomic E-state index is 8.50. The average Bonchev–Trinajstić information content (AvgIpc) is 2.25. The third-order valence-corrected chi connectivity index (χ3v) is 1.99. The van der Waals surface area contributed by atoms with E-state index in [2.05, 4.69) is 6.07 Å². The van der Waals surface area contributed by atoms with Gasteiger partial charge in [0.15, 0.2) is 11.5 Å². The van der Waals surface area contributed by atoms with Gasteiger partial charge in [-0.25, -0.2) is 0 Å². The smallest absolute Gasteiger partial charge is 0.163 e. The molecule has 1 rings (SSSR count). The Morgan fingerprint density at radius 2 is 2.07 bits per heavy atom. The minimum atomic E-state index is 0.490. The molecule has 3 heteroatoms. The Morgan fingerprint density at radius 1 is 1.29 bits per heavy atom. The van der Waals surface area contributed by atoms with Crippen LogP contribution in [-0.2, 0) is 6.42 Å². The molecular formula is C11H13NO2. The van der Waals surface area contributed by atoms with E-state index in [1.165, 1.54) is 0 Å². The molecule has 0 spiro atoms. The fraction of sp³-hybridized carbons (Fsp3) is 0.364. The number of hydrogen-bond donors (Lipinski definition) is 0. The molecule has 0 radical (unpaired) electrons. The number of para-hydroxylation sites is 1. The van der Waals surface area contributed by atoms with Crippen LogP contribution < -0.4 is 9.47 Å². The first-order valence-corrected chi connectivity index (χ1v) is 4.40. The number of rotatable bonds is 4. The molecule has 0 fully saturated rings. The first kappa shape index (κ1) is 10.4. The van der Waals surface area contributed by atoms with Gasteiger partial charge in [-0.1, -0.05) is 12.1 Å². The summed E-state index contributed by atoms with van der Waals surface area (Å²) in [6.07, 6.45) is 1.18. The van der Waals surface area contributed by atoms with Crippen LogP contribution in [0.4, 0.5) is 0 Å². The Morgan fingerprint density at radius 3 is 2.64 bits per heavy atom. The second kappa shape index (κ2) is 5.13. The summed E-state index contributed by atoms with van der Waals surface area (Å²) in [5.74, 6) is 1.44. The van der Waals surface area contributed by atoms with Crippen molar-refractivity contribution >= 4 is 0 Å². The van der Waals surface area contributed by atoms with E-state index in [9.17, 15) is 0 Å². The lowest BCUT2D eigenvalue weighted by atomic mass is 10.1. The first-order valence-electron chi connectivity index (χ1n) is 4.40. The minimum absolute atomic E-state index is 0.490. The van der Waals surface area contributed by atoms with Crippen LogP contribution in [0.5, 0.6) is 11.5 Å². The molecule has 0 amide bonds. The predicted molar refractivity (Wildman–Crippen MR) is 53.5 cm³/mol. The van der Waals surface area contributed by atoms with Crippen LogP contribution in [0.2, 0.25) is 0 Å². The summed E-state index contributed by atoms with van der Waals surface area (Å²) in [7, 11) is 3.21. The fourth-order valence-electron chi connectivity index (χ4n) is 1.34. The van der Waals surface area contributed by atoms with E-state index in [1.807, 2.05) is 18.2 Å². The van der Waals surface area contributed by atoms with E-state index in [0.29, 0.717) is 18.6 Å². The van der Waals surface area contributed by atoms with Gasteiger partial charge in [0, 0.05) is 6.42 Å². The molecule has 0 aliphatic heterocycles. The molecule has 0 atom stereocenters. The second-order valence-corrected chi connectivity index (χ2v) is 2.81. The molecule has 3 nitrogen and oxygen atoms in total. The summed E-state index contributed by atoms with van der Waals surface area (Å²) in [6, 6.07) is 7.79. The van der Waals surface area contributed by atoms with Crippen LogP contribution in [0.1, 0.15) is 12.0 Å². The van der Waals surface area contributed by atoms with Crippen LogP contribution in [-0.4, -0.2) is 14.2 Å². The van der Waals surface area contributed by atoms with Crippen molar-refractivity contribution in [2.45, 2.75) is 12.8 Å². The van der Waals surface area contributed by atoms with Gasteiger partial charge in [-0.05, 0) is 18.1 Å². The van der Waals surface area contributed by atoms with Gasteiger partial charge in [0.05, 0.1) is 20.3 Å². The molecule has 0 bridgehead atoms. The highest BCUT2D eigenvalue weighted by Gasteiger charge is 2.08. The number of hydrogen-bond acceptors (Lipinski definition) is 3.